The minimum Gasteiger partial charge on any atom is -0.312 e. The molecule has 0 saturated carbocycles. The van der Waals surface area contributed by atoms with Crippen molar-refractivity contribution < 1.29 is 0 Å². The summed E-state index contributed by atoms with van der Waals surface area (Å²) in [4.78, 5) is 23.1. The summed E-state index contributed by atoms with van der Waals surface area (Å²) in [5, 5.41) is 3.17. The molecule has 0 radical (unpaired) electrons. The van der Waals surface area contributed by atoms with Crippen molar-refractivity contribution in [1.82, 2.24) is 14.5 Å². The smallest absolute Gasteiger partial charge is 0.312 e. The van der Waals surface area contributed by atoms with Gasteiger partial charge in [0.2, 0.25) is 0 Å². The first-order valence-electron chi connectivity index (χ1n) is 5.03. The van der Waals surface area contributed by atoms with Crippen molar-refractivity contribution >= 4 is 11.8 Å². The fourth-order valence-electron chi connectivity index (χ4n) is 1.40. The molecule has 0 fully saturated rings. The van der Waals surface area contributed by atoms with E-state index in [2.05, 4.69) is 5.32 Å². The van der Waals surface area contributed by atoms with Gasteiger partial charge in [-0.2, -0.15) is 11.8 Å². The molecule has 5 nitrogen and oxygen atoms in total. The third-order valence-electron chi connectivity index (χ3n) is 2.32. The molecular weight excluding hydrogens is 226 g/mol. The first-order chi connectivity index (χ1) is 7.57. The lowest BCUT2D eigenvalue weighted by Crippen LogP contribution is -2.39. The van der Waals surface area contributed by atoms with E-state index in [1.807, 2.05) is 6.26 Å². The molecular formula is C10H17N3O2S. The Bertz CT molecular complexity index is 464. The second kappa shape index (κ2) is 5.91. The summed E-state index contributed by atoms with van der Waals surface area (Å²) in [7, 11) is 3.14. The lowest BCUT2D eigenvalue weighted by molar-refractivity contribution is 0.642. The molecule has 1 N–H and O–H groups in total. The van der Waals surface area contributed by atoms with Crippen molar-refractivity contribution in [2.24, 2.45) is 14.1 Å². The molecule has 6 heteroatoms. The SMILES string of the molecule is CSCCNCc1cn(C)c(=O)n(C)c1=O. The summed E-state index contributed by atoms with van der Waals surface area (Å²) in [6.07, 6.45) is 3.63. The fraction of sp³-hybridized carbons (Fsp3) is 0.600. The van der Waals surface area contributed by atoms with Gasteiger partial charge in [-0.15, -0.1) is 0 Å². The number of aryl methyl sites for hydroxylation is 1. The molecule has 0 amide bonds. The summed E-state index contributed by atoms with van der Waals surface area (Å²) in [6.45, 7) is 1.36. The lowest BCUT2D eigenvalue weighted by atomic mass is 10.3. The fourth-order valence-corrected chi connectivity index (χ4v) is 1.75. The van der Waals surface area contributed by atoms with E-state index in [-0.39, 0.29) is 11.2 Å². The maximum Gasteiger partial charge on any atom is 0.330 e. The van der Waals surface area contributed by atoms with Crippen LogP contribution in [0.15, 0.2) is 15.8 Å². The van der Waals surface area contributed by atoms with Gasteiger partial charge in [-0.25, -0.2) is 4.79 Å². The van der Waals surface area contributed by atoms with Gasteiger partial charge in [0.05, 0.1) is 0 Å². The molecule has 0 spiro atoms. The van der Waals surface area contributed by atoms with Gasteiger partial charge in [0.1, 0.15) is 0 Å². The summed E-state index contributed by atoms with van der Waals surface area (Å²) < 4.78 is 2.55. The highest BCUT2D eigenvalue weighted by Crippen LogP contribution is 1.90. The first kappa shape index (κ1) is 13.1. The van der Waals surface area contributed by atoms with Crippen LogP contribution in [-0.2, 0) is 20.6 Å². The number of nitrogens with zero attached hydrogens (tertiary/aromatic N) is 2. The van der Waals surface area contributed by atoms with E-state index in [1.165, 1.54) is 11.6 Å². The molecule has 0 saturated heterocycles. The quantitative estimate of drug-likeness (QED) is 0.711. The number of thioether (sulfide) groups is 1. The zero-order valence-electron chi connectivity index (χ0n) is 9.82. The van der Waals surface area contributed by atoms with Crippen molar-refractivity contribution in [3.63, 3.8) is 0 Å². The molecule has 0 aliphatic heterocycles. The van der Waals surface area contributed by atoms with Gasteiger partial charge in [0, 0.05) is 44.7 Å². The Kier molecular flexibility index (Phi) is 4.82. The van der Waals surface area contributed by atoms with Crippen LogP contribution in [0.3, 0.4) is 0 Å². The number of nitrogens with one attached hydrogen (secondary N) is 1. The Morgan fingerprint density at radius 3 is 2.69 bits per heavy atom. The van der Waals surface area contributed by atoms with Crippen LogP contribution in [0.1, 0.15) is 5.56 Å². The highest BCUT2D eigenvalue weighted by molar-refractivity contribution is 7.98. The second-order valence-corrected chi connectivity index (χ2v) is 4.57. The summed E-state index contributed by atoms with van der Waals surface area (Å²) in [5.74, 6) is 1.01. The molecule has 0 atom stereocenters. The van der Waals surface area contributed by atoms with Crippen LogP contribution < -0.4 is 16.6 Å². The second-order valence-electron chi connectivity index (χ2n) is 3.58. The van der Waals surface area contributed by atoms with Crippen LogP contribution >= 0.6 is 11.8 Å². The van der Waals surface area contributed by atoms with Gasteiger partial charge in [-0.05, 0) is 6.26 Å². The summed E-state index contributed by atoms with van der Waals surface area (Å²) >= 11 is 1.75. The van der Waals surface area contributed by atoms with Crippen molar-refractivity contribution in [2.45, 2.75) is 6.54 Å². The van der Waals surface area contributed by atoms with Crippen LogP contribution in [0.2, 0.25) is 0 Å². The molecule has 0 aliphatic carbocycles. The topological polar surface area (TPSA) is 56.0 Å². The Hall–Kier alpha value is -1.01. The van der Waals surface area contributed by atoms with Crippen molar-refractivity contribution in [2.75, 3.05) is 18.6 Å². The molecule has 1 heterocycles. The van der Waals surface area contributed by atoms with Crippen molar-refractivity contribution in [1.29, 1.82) is 0 Å². The maximum absolute atomic E-state index is 11.7. The van der Waals surface area contributed by atoms with Gasteiger partial charge < -0.3 is 9.88 Å². The third-order valence-corrected chi connectivity index (χ3v) is 2.93. The molecule has 0 aromatic carbocycles. The predicted octanol–water partition coefficient (Wildman–Crippen LogP) is -0.463. The van der Waals surface area contributed by atoms with Crippen LogP contribution in [0.5, 0.6) is 0 Å². The Balaban J connectivity index is 2.82. The zero-order valence-corrected chi connectivity index (χ0v) is 10.6. The molecule has 16 heavy (non-hydrogen) atoms. The molecule has 1 aromatic heterocycles. The molecule has 90 valence electrons. The van der Waals surface area contributed by atoms with Crippen LogP contribution in [-0.4, -0.2) is 27.7 Å². The van der Waals surface area contributed by atoms with Gasteiger partial charge in [-0.3, -0.25) is 9.36 Å². The molecule has 0 bridgehead atoms. The van der Waals surface area contributed by atoms with Gasteiger partial charge in [0.25, 0.3) is 5.56 Å². The lowest BCUT2D eigenvalue weighted by Gasteiger charge is -2.07. The van der Waals surface area contributed by atoms with Crippen molar-refractivity contribution in [3.8, 4) is 0 Å². The normalized spacial score (nSPS) is 10.7. The van der Waals surface area contributed by atoms with E-state index in [1.54, 1.807) is 25.0 Å². The predicted molar refractivity (Wildman–Crippen MR) is 67.0 cm³/mol. The van der Waals surface area contributed by atoms with Crippen LogP contribution in [0.4, 0.5) is 0 Å². The molecule has 0 aliphatic rings. The van der Waals surface area contributed by atoms with E-state index in [0.717, 1.165) is 16.9 Å². The van der Waals surface area contributed by atoms with E-state index >= 15 is 0 Å². The Labute approximate surface area is 98.5 Å². The average Bonchev–Trinajstić information content (AvgIpc) is 2.28. The summed E-state index contributed by atoms with van der Waals surface area (Å²) in [5.41, 5.74) is 0.100. The van der Waals surface area contributed by atoms with E-state index in [0.29, 0.717) is 12.1 Å². The minimum atomic E-state index is -0.294. The highest BCUT2D eigenvalue weighted by Gasteiger charge is 2.05. The van der Waals surface area contributed by atoms with Gasteiger partial charge in [-0.1, -0.05) is 0 Å². The van der Waals surface area contributed by atoms with E-state index in [4.69, 9.17) is 0 Å². The maximum atomic E-state index is 11.7. The Morgan fingerprint density at radius 1 is 1.38 bits per heavy atom. The monoisotopic (exact) mass is 243 g/mol. The molecule has 1 rings (SSSR count). The zero-order chi connectivity index (χ0) is 12.1. The number of rotatable bonds is 5. The van der Waals surface area contributed by atoms with E-state index < -0.39 is 0 Å². The number of hydrogen-bond acceptors (Lipinski definition) is 4. The van der Waals surface area contributed by atoms with E-state index in [9.17, 15) is 9.59 Å². The molecule has 0 unspecified atom stereocenters. The average molecular weight is 243 g/mol. The minimum absolute atomic E-state index is 0.222. The van der Waals surface area contributed by atoms with Crippen LogP contribution in [0, 0.1) is 0 Å². The third kappa shape index (κ3) is 2.99. The van der Waals surface area contributed by atoms with Crippen LogP contribution in [0.25, 0.3) is 0 Å². The van der Waals surface area contributed by atoms with Gasteiger partial charge >= 0.3 is 5.69 Å². The molecule has 1 aromatic rings. The van der Waals surface area contributed by atoms with Crippen molar-refractivity contribution in [3.05, 3.63) is 32.6 Å². The standard InChI is InChI=1S/C10H17N3O2S/c1-12-7-8(6-11-4-5-16-3)9(14)13(2)10(12)15/h7,11H,4-6H2,1-3H3. The first-order valence-corrected chi connectivity index (χ1v) is 6.42. The Morgan fingerprint density at radius 2 is 2.06 bits per heavy atom. The summed E-state index contributed by atoms with van der Waals surface area (Å²) in [6, 6.07) is 0. The van der Waals surface area contributed by atoms with Gasteiger partial charge in [0.15, 0.2) is 0 Å². The highest BCUT2D eigenvalue weighted by atomic mass is 32.2. The number of hydrogen-bond donors (Lipinski definition) is 1. The largest absolute Gasteiger partial charge is 0.330 e. The number of aromatic nitrogens is 2.